The van der Waals surface area contributed by atoms with Crippen LogP contribution in [0.25, 0.3) is 0 Å². The molecule has 0 amide bonds. The maximum atomic E-state index is 3.74. The van der Waals surface area contributed by atoms with Crippen molar-refractivity contribution in [1.82, 2.24) is 5.32 Å². The van der Waals surface area contributed by atoms with Gasteiger partial charge in [-0.3, -0.25) is 0 Å². The summed E-state index contributed by atoms with van der Waals surface area (Å²) in [6, 6.07) is 9.19. The molecule has 0 saturated heterocycles. The zero-order valence-electron chi connectivity index (χ0n) is 10.6. The van der Waals surface area contributed by atoms with Crippen LogP contribution in [0.2, 0.25) is 0 Å². The van der Waals surface area contributed by atoms with Crippen LogP contribution in [0.3, 0.4) is 0 Å². The summed E-state index contributed by atoms with van der Waals surface area (Å²) in [6.07, 6.45) is 6.93. The minimum absolute atomic E-state index is 0.699. The van der Waals surface area contributed by atoms with Gasteiger partial charge in [0.05, 0.1) is 0 Å². The summed E-state index contributed by atoms with van der Waals surface area (Å²) in [6.45, 7) is 3.37. The Morgan fingerprint density at radius 2 is 1.94 bits per heavy atom. The number of hydrogen-bond donors (Lipinski definition) is 1. The Morgan fingerprint density at radius 1 is 1.18 bits per heavy atom. The van der Waals surface area contributed by atoms with Crippen LogP contribution >= 0.6 is 15.9 Å². The zero-order valence-corrected chi connectivity index (χ0v) is 12.2. The van der Waals surface area contributed by atoms with Crippen LogP contribution in [-0.4, -0.2) is 6.04 Å². The van der Waals surface area contributed by atoms with Crippen molar-refractivity contribution in [2.45, 2.75) is 51.6 Å². The molecule has 0 heterocycles. The third-order valence-electron chi connectivity index (χ3n) is 3.87. The first-order valence-electron chi connectivity index (χ1n) is 6.74. The number of nitrogens with one attached hydrogen (secondary N) is 1. The lowest BCUT2D eigenvalue weighted by Crippen LogP contribution is -2.33. The maximum Gasteiger partial charge on any atom is 0.0220 e. The molecule has 0 aromatic heterocycles. The largest absolute Gasteiger partial charge is 0.310 e. The Hall–Kier alpha value is -0.340. The number of benzene rings is 1. The van der Waals surface area contributed by atoms with Crippen molar-refractivity contribution in [3.05, 3.63) is 34.3 Å². The molecule has 1 aliphatic rings. The Kier molecular flexibility index (Phi) is 5.05. The van der Waals surface area contributed by atoms with E-state index in [1.807, 2.05) is 0 Å². The minimum Gasteiger partial charge on any atom is -0.310 e. The molecule has 2 unspecified atom stereocenters. The van der Waals surface area contributed by atoms with Gasteiger partial charge in [0.1, 0.15) is 0 Å². The highest BCUT2D eigenvalue weighted by molar-refractivity contribution is 9.10. The summed E-state index contributed by atoms with van der Waals surface area (Å²) >= 11 is 3.61. The number of hydrogen-bond acceptors (Lipinski definition) is 1. The van der Waals surface area contributed by atoms with Gasteiger partial charge in [0.15, 0.2) is 0 Å². The minimum atomic E-state index is 0.699. The van der Waals surface area contributed by atoms with Gasteiger partial charge in [-0.05, 0) is 30.4 Å². The van der Waals surface area contributed by atoms with Crippen LogP contribution in [0.15, 0.2) is 28.7 Å². The molecule has 0 aliphatic heterocycles. The molecule has 1 nitrogen and oxygen atoms in total. The second-order valence-electron chi connectivity index (χ2n) is 5.19. The fourth-order valence-electron chi connectivity index (χ4n) is 2.68. The van der Waals surface area contributed by atoms with Crippen molar-refractivity contribution < 1.29 is 0 Å². The molecule has 1 aliphatic carbocycles. The van der Waals surface area contributed by atoms with E-state index in [1.54, 1.807) is 0 Å². The van der Waals surface area contributed by atoms with Crippen LogP contribution in [-0.2, 0) is 6.54 Å². The SMILES string of the molecule is CC1CCCCCC1NCc1ccccc1Br. The first-order valence-corrected chi connectivity index (χ1v) is 7.53. The molecule has 0 spiro atoms. The molecule has 1 fully saturated rings. The summed E-state index contributed by atoms with van der Waals surface area (Å²) in [5.41, 5.74) is 1.36. The van der Waals surface area contributed by atoms with Crippen molar-refractivity contribution in [3.8, 4) is 0 Å². The molecule has 94 valence electrons. The summed E-state index contributed by atoms with van der Waals surface area (Å²) in [5, 5.41) is 3.74. The highest BCUT2D eigenvalue weighted by atomic mass is 79.9. The normalized spacial score (nSPS) is 25.5. The van der Waals surface area contributed by atoms with Crippen LogP contribution in [0.5, 0.6) is 0 Å². The average Bonchev–Trinajstić information content (AvgIpc) is 2.53. The van der Waals surface area contributed by atoms with Gasteiger partial charge in [0, 0.05) is 17.1 Å². The quantitative estimate of drug-likeness (QED) is 0.809. The highest BCUT2D eigenvalue weighted by Crippen LogP contribution is 2.24. The molecule has 2 atom stereocenters. The van der Waals surface area contributed by atoms with Gasteiger partial charge in [0.2, 0.25) is 0 Å². The predicted octanol–water partition coefficient (Wildman–Crippen LogP) is 4.51. The highest BCUT2D eigenvalue weighted by Gasteiger charge is 2.19. The van der Waals surface area contributed by atoms with E-state index in [0.29, 0.717) is 6.04 Å². The molecule has 1 N–H and O–H groups in total. The van der Waals surface area contributed by atoms with Gasteiger partial charge >= 0.3 is 0 Å². The summed E-state index contributed by atoms with van der Waals surface area (Å²) in [7, 11) is 0. The molecule has 0 radical (unpaired) electrons. The van der Waals surface area contributed by atoms with E-state index in [4.69, 9.17) is 0 Å². The molecule has 17 heavy (non-hydrogen) atoms. The third kappa shape index (κ3) is 3.82. The summed E-state index contributed by atoms with van der Waals surface area (Å²) in [4.78, 5) is 0. The maximum absolute atomic E-state index is 3.74. The second kappa shape index (κ2) is 6.55. The fraction of sp³-hybridized carbons (Fsp3) is 0.600. The van der Waals surface area contributed by atoms with Gasteiger partial charge in [-0.15, -0.1) is 0 Å². The summed E-state index contributed by atoms with van der Waals surface area (Å²) in [5.74, 6) is 0.819. The summed E-state index contributed by atoms with van der Waals surface area (Å²) < 4.78 is 1.22. The van der Waals surface area contributed by atoms with Crippen molar-refractivity contribution in [1.29, 1.82) is 0 Å². The van der Waals surface area contributed by atoms with Crippen molar-refractivity contribution in [3.63, 3.8) is 0 Å². The van der Waals surface area contributed by atoms with E-state index in [-0.39, 0.29) is 0 Å². The van der Waals surface area contributed by atoms with E-state index in [2.05, 4.69) is 52.4 Å². The van der Waals surface area contributed by atoms with Gasteiger partial charge in [-0.1, -0.05) is 60.3 Å². The van der Waals surface area contributed by atoms with Crippen LogP contribution in [0.4, 0.5) is 0 Å². The molecule has 0 bridgehead atoms. The van der Waals surface area contributed by atoms with Gasteiger partial charge in [-0.25, -0.2) is 0 Å². The smallest absolute Gasteiger partial charge is 0.0220 e. The van der Waals surface area contributed by atoms with E-state index >= 15 is 0 Å². The standard InChI is InChI=1S/C15H22BrN/c1-12-7-3-2-4-10-15(12)17-11-13-8-5-6-9-14(13)16/h5-6,8-9,12,15,17H,2-4,7,10-11H2,1H3. The van der Waals surface area contributed by atoms with E-state index in [1.165, 1.54) is 42.1 Å². The number of halogens is 1. The molecule has 1 aromatic carbocycles. The average molecular weight is 296 g/mol. The first-order chi connectivity index (χ1) is 8.27. The lowest BCUT2D eigenvalue weighted by Gasteiger charge is -2.23. The van der Waals surface area contributed by atoms with Crippen molar-refractivity contribution in [2.75, 3.05) is 0 Å². The second-order valence-corrected chi connectivity index (χ2v) is 6.05. The zero-order chi connectivity index (χ0) is 12.1. The molecular weight excluding hydrogens is 274 g/mol. The Labute approximate surface area is 113 Å². The van der Waals surface area contributed by atoms with Crippen LogP contribution < -0.4 is 5.32 Å². The van der Waals surface area contributed by atoms with E-state index < -0.39 is 0 Å². The van der Waals surface area contributed by atoms with Crippen molar-refractivity contribution >= 4 is 15.9 Å². The molecule has 2 heteroatoms. The molecular formula is C15H22BrN. The molecule has 1 saturated carbocycles. The predicted molar refractivity (Wildman–Crippen MR) is 77.0 cm³/mol. The van der Waals surface area contributed by atoms with Crippen LogP contribution in [0, 0.1) is 5.92 Å². The third-order valence-corrected chi connectivity index (χ3v) is 4.65. The number of rotatable bonds is 3. The van der Waals surface area contributed by atoms with E-state index in [9.17, 15) is 0 Å². The Bertz CT molecular complexity index is 351. The fourth-order valence-corrected chi connectivity index (χ4v) is 3.10. The van der Waals surface area contributed by atoms with Gasteiger partial charge < -0.3 is 5.32 Å². The monoisotopic (exact) mass is 295 g/mol. The first kappa shape index (κ1) is 13.1. The van der Waals surface area contributed by atoms with Gasteiger partial charge in [-0.2, -0.15) is 0 Å². The molecule has 1 aromatic rings. The topological polar surface area (TPSA) is 12.0 Å². The molecule has 2 rings (SSSR count). The Morgan fingerprint density at radius 3 is 2.76 bits per heavy atom. The lowest BCUT2D eigenvalue weighted by atomic mass is 9.97. The van der Waals surface area contributed by atoms with Gasteiger partial charge in [0.25, 0.3) is 0 Å². The van der Waals surface area contributed by atoms with Crippen molar-refractivity contribution in [2.24, 2.45) is 5.92 Å². The van der Waals surface area contributed by atoms with Crippen LogP contribution in [0.1, 0.15) is 44.6 Å². The lowest BCUT2D eigenvalue weighted by molar-refractivity contribution is 0.356. The Balaban J connectivity index is 1.90. The van der Waals surface area contributed by atoms with E-state index in [0.717, 1.165) is 12.5 Å².